The number of aryl methyl sites for hydroxylation is 1. The fraction of sp³-hybridized carbons (Fsp3) is 0.233. The number of thiazole rings is 1. The van der Waals surface area contributed by atoms with Crippen molar-refractivity contribution >= 4 is 28.8 Å². The molecule has 0 saturated carbocycles. The Labute approximate surface area is 224 Å². The molecular weight excluding hydrogens is 504 g/mol. The van der Waals surface area contributed by atoms with Gasteiger partial charge in [-0.25, -0.2) is 13.8 Å². The van der Waals surface area contributed by atoms with Crippen molar-refractivity contribution in [3.63, 3.8) is 0 Å². The average Bonchev–Trinajstić information content (AvgIpc) is 3.44. The third-order valence-electron chi connectivity index (χ3n) is 6.85. The van der Waals surface area contributed by atoms with Gasteiger partial charge < -0.3 is 10.2 Å². The summed E-state index contributed by atoms with van der Waals surface area (Å²) in [6.45, 7) is 1.24. The van der Waals surface area contributed by atoms with Crippen molar-refractivity contribution in [2.75, 3.05) is 18.4 Å². The van der Waals surface area contributed by atoms with Crippen LogP contribution in [-0.4, -0.2) is 34.8 Å². The molecule has 194 valence electrons. The molecule has 0 bridgehead atoms. The van der Waals surface area contributed by atoms with E-state index in [2.05, 4.69) is 10.3 Å². The van der Waals surface area contributed by atoms with E-state index in [0.29, 0.717) is 36.5 Å². The molecule has 2 heterocycles. The number of rotatable bonds is 7. The highest BCUT2D eigenvalue weighted by molar-refractivity contribution is 7.10. The second-order valence-corrected chi connectivity index (χ2v) is 10.2. The summed E-state index contributed by atoms with van der Waals surface area (Å²) >= 11 is 1.46. The van der Waals surface area contributed by atoms with Crippen LogP contribution in [0.2, 0.25) is 0 Å². The third-order valence-corrected chi connectivity index (χ3v) is 7.86. The smallest absolute Gasteiger partial charge is 0.275 e. The number of nitrogens with zero attached hydrogens (tertiary/aromatic N) is 2. The second-order valence-electron chi connectivity index (χ2n) is 9.32. The number of halogens is 2. The van der Waals surface area contributed by atoms with E-state index in [1.807, 2.05) is 29.2 Å². The molecule has 1 fully saturated rings. The van der Waals surface area contributed by atoms with Crippen molar-refractivity contribution < 1.29 is 18.4 Å². The largest absolute Gasteiger partial charge is 0.343 e. The molecule has 38 heavy (non-hydrogen) atoms. The number of piperidine rings is 1. The number of carbonyl (C=O) groups excluding carboxylic acids is 2. The molecule has 0 radical (unpaired) electrons. The van der Waals surface area contributed by atoms with Gasteiger partial charge in [0.05, 0.1) is 5.01 Å². The number of likely N-dealkylation sites (tertiary alicyclic amines) is 1. The van der Waals surface area contributed by atoms with Crippen molar-refractivity contribution in [2.45, 2.75) is 31.6 Å². The van der Waals surface area contributed by atoms with Crippen molar-refractivity contribution in [3.8, 4) is 11.1 Å². The van der Waals surface area contributed by atoms with Crippen LogP contribution in [0.4, 0.5) is 14.5 Å². The van der Waals surface area contributed by atoms with E-state index in [-0.39, 0.29) is 35.8 Å². The number of hydrogen-bond donors (Lipinski definition) is 1. The van der Waals surface area contributed by atoms with E-state index in [1.54, 1.807) is 35.7 Å². The van der Waals surface area contributed by atoms with Gasteiger partial charge in [-0.05, 0) is 54.7 Å². The maximum absolute atomic E-state index is 13.8. The van der Waals surface area contributed by atoms with E-state index >= 15 is 0 Å². The van der Waals surface area contributed by atoms with Crippen LogP contribution in [0.25, 0.3) is 11.1 Å². The van der Waals surface area contributed by atoms with Crippen LogP contribution in [0.3, 0.4) is 0 Å². The quantitative estimate of drug-likeness (QED) is 0.289. The van der Waals surface area contributed by atoms with Gasteiger partial charge in [0.15, 0.2) is 0 Å². The molecule has 0 unspecified atom stereocenters. The lowest BCUT2D eigenvalue weighted by Crippen LogP contribution is -2.38. The van der Waals surface area contributed by atoms with Crippen LogP contribution < -0.4 is 5.32 Å². The van der Waals surface area contributed by atoms with Crippen LogP contribution in [-0.2, 0) is 11.2 Å². The van der Waals surface area contributed by atoms with Crippen LogP contribution >= 0.6 is 11.3 Å². The maximum Gasteiger partial charge on any atom is 0.275 e. The molecule has 3 aromatic carbocycles. The Kier molecular flexibility index (Phi) is 7.89. The first kappa shape index (κ1) is 25.7. The van der Waals surface area contributed by atoms with Crippen molar-refractivity contribution in [1.29, 1.82) is 0 Å². The monoisotopic (exact) mass is 531 g/mol. The molecule has 2 amide bonds. The molecule has 1 N–H and O–H groups in total. The summed E-state index contributed by atoms with van der Waals surface area (Å²) in [4.78, 5) is 32.1. The molecule has 4 aromatic rings. The van der Waals surface area contributed by atoms with E-state index in [0.717, 1.165) is 29.0 Å². The Morgan fingerprint density at radius 1 is 0.947 bits per heavy atom. The molecule has 8 heteroatoms. The van der Waals surface area contributed by atoms with E-state index in [4.69, 9.17) is 0 Å². The van der Waals surface area contributed by atoms with Gasteiger partial charge >= 0.3 is 0 Å². The standard InChI is InChI=1S/C30H27F2N3O2S/c31-23-12-9-20(10-13-23)24-6-2-4-8-26(24)33-29(37)27-19-38-30(34-27)22-15-17-35(18-16-22)28(36)14-11-21-5-1-3-7-25(21)32/h1-10,12-13,19,22H,11,14-18H2,(H,33,37). The highest BCUT2D eigenvalue weighted by Crippen LogP contribution is 2.32. The molecule has 1 saturated heterocycles. The Bertz CT molecular complexity index is 1430. The molecule has 0 aliphatic carbocycles. The van der Waals surface area contributed by atoms with Crippen LogP contribution in [0.1, 0.15) is 46.2 Å². The Morgan fingerprint density at radius 3 is 2.42 bits per heavy atom. The van der Waals surface area contributed by atoms with Gasteiger partial charge in [-0.3, -0.25) is 9.59 Å². The molecule has 5 nitrogen and oxygen atoms in total. The first-order valence-corrected chi connectivity index (χ1v) is 13.5. The van der Waals surface area contributed by atoms with Gasteiger partial charge in [0.25, 0.3) is 5.91 Å². The Hall–Kier alpha value is -3.91. The lowest BCUT2D eigenvalue weighted by molar-refractivity contribution is -0.132. The SMILES string of the molecule is O=C(Nc1ccccc1-c1ccc(F)cc1)c1csc(C2CCN(C(=O)CCc3ccccc3F)CC2)n1. The second kappa shape index (κ2) is 11.6. The first-order valence-electron chi connectivity index (χ1n) is 12.6. The van der Waals surface area contributed by atoms with Gasteiger partial charge in [0.2, 0.25) is 5.91 Å². The summed E-state index contributed by atoms with van der Waals surface area (Å²) in [6.07, 6.45) is 2.22. The molecule has 0 atom stereocenters. The Balaban J connectivity index is 1.17. The van der Waals surface area contributed by atoms with Crippen LogP contribution in [0.15, 0.2) is 78.2 Å². The minimum Gasteiger partial charge on any atom is -0.343 e. The third kappa shape index (κ3) is 5.97. The number of hydrogen-bond acceptors (Lipinski definition) is 4. The summed E-state index contributed by atoms with van der Waals surface area (Å²) in [6, 6.07) is 20.1. The van der Waals surface area contributed by atoms with Gasteiger partial charge in [-0.2, -0.15) is 0 Å². The lowest BCUT2D eigenvalue weighted by Gasteiger charge is -2.31. The van der Waals surface area contributed by atoms with Crippen molar-refractivity contribution in [3.05, 3.63) is 106 Å². The average molecular weight is 532 g/mol. The highest BCUT2D eigenvalue weighted by atomic mass is 32.1. The minimum atomic E-state index is -0.317. The zero-order valence-corrected chi connectivity index (χ0v) is 21.5. The van der Waals surface area contributed by atoms with E-state index in [1.165, 1.54) is 29.5 Å². The molecule has 1 aliphatic rings. The molecule has 1 aliphatic heterocycles. The summed E-state index contributed by atoms with van der Waals surface area (Å²) in [5.74, 6) is -0.679. The normalized spacial score (nSPS) is 13.9. The zero-order valence-electron chi connectivity index (χ0n) is 20.7. The van der Waals surface area contributed by atoms with Gasteiger partial charge in [-0.15, -0.1) is 11.3 Å². The summed E-state index contributed by atoms with van der Waals surface area (Å²) in [7, 11) is 0. The van der Waals surface area contributed by atoms with E-state index in [9.17, 15) is 18.4 Å². The molecule has 5 rings (SSSR count). The Morgan fingerprint density at radius 2 is 1.66 bits per heavy atom. The first-order chi connectivity index (χ1) is 18.5. The van der Waals surface area contributed by atoms with Gasteiger partial charge in [0, 0.05) is 42.1 Å². The molecule has 1 aromatic heterocycles. The minimum absolute atomic E-state index is 0.0331. The maximum atomic E-state index is 13.8. The van der Waals surface area contributed by atoms with Gasteiger partial charge in [-0.1, -0.05) is 48.5 Å². The summed E-state index contributed by atoms with van der Waals surface area (Å²) < 4.78 is 27.2. The number of aromatic nitrogens is 1. The number of anilines is 1. The number of benzene rings is 3. The predicted octanol–water partition coefficient (Wildman–Crippen LogP) is 6.68. The number of amides is 2. The van der Waals surface area contributed by atoms with Crippen LogP contribution in [0.5, 0.6) is 0 Å². The number of carbonyl (C=O) groups is 2. The summed E-state index contributed by atoms with van der Waals surface area (Å²) in [5, 5.41) is 5.59. The van der Waals surface area contributed by atoms with Gasteiger partial charge in [0.1, 0.15) is 17.3 Å². The topological polar surface area (TPSA) is 62.3 Å². The number of para-hydroxylation sites is 1. The fourth-order valence-electron chi connectivity index (χ4n) is 4.72. The fourth-order valence-corrected chi connectivity index (χ4v) is 5.69. The highest BCUT2D eigenvalue weighted by Gasteiger charge is 2.26. The predicted molar refractivity (Wildman–Crippen MR) is 145 cm³/mol. The zero-order chi connectivity index (χ0) is 26.5. The number of nitrogens with one attached hydrogen (secondary N) is 1. The van der Waals surface area contributed by atoms with Crippen LogP contribution in [0, 0.1) is 11.6 Å². The van der Waals surface area contributed by atoms with E-state index < -0.39 is 0 Å². The van der Waals surface area contributed by atoms with Crippen molar-refractivity contribution in [2.24, 2.45) is 0 Å². The van der Waals surface area contributed by atoms with Crippen molar-refractivity contribution in [1.82, 2.24) is 9.88 Å². The molecular formula is C30H27F2N3O2S. The lowest BCUT2D eigenvalue weighted by atomic mass is 9.97. The molecule has 0 spiro atoms. The summed E-state index contributed by atoms with van der Waals surface area (Å²) in [5.41, 5.74) is 3.13.